The van der Waals surface area contributed by atoms with Crippen molar-refractivity contribution >= 4 is 38.5 Å². The normalized spacial score (nSPS) is 18.1. The molecule has 0 spiro atoms. The van der Waals surface area contributed by atoms with Crippen LogP contribution in [0.15, 0.2) is 28.1 Å². The fraction of sp³-hybridized carbons (Fsp3) is 0.500. The molecule has 1 amide bonds. The standard InChI is InChI=1S/C16H22N4O4S2/c1-19(2)26(22,23)12-3-4-14(20-6-8-24-9-7-20)13(11-12)15(21)18-16-17-5-10-25-16/h3-4,11H,5-10H2,1-2H3,(H,17,18,21). The second-order valence-electron chi connectivity index (χ2n) is 6.06. The molecule has 2 heterocycles. The average Bonchev–Trinajstić information content (AvgIpc) is 3.14. The van der Waals surface area contributed by atoms with Crippen molar-refractivity contribution in [3.8, 4) is 0 Å². The minimum atomic E-state index is -3.63. The Labute approximate surface area is 157 Å². The van der Waals surface area contributed by atoms with E-state index < -0.39 is 10.0 Å². The zero-order valence-corrected chi connectivity index (χ0v) is 16.4. The highest BCUT2D eigenvalue weighted by molar-refractivity contribution is 8.14. The van der Waals surface area contributed by atoms with Gasteiger partial charge in [0.25, 0.3) is 5.91 Å². The van der Waals surface area contributed by atoms with Crippen molar-refractivity contribution in [2.45, 2.75) is 4.90 Å². The summed E-state index contributed by atoms with van der Waals surface area (Å²) in [4.78, 5) is 19.2. The summed E-state index contributed by atoms with van der Waals surface area (Å²) in [5.74, 6) is 0.483. The summed E-state index contributed by atoms with van der Waals surface area (Å²) in [7, 11) is -0.699. The van der Waals surface area contributed by atoms with E-state index in [-0.39, 0.29) is 10.8 Å². The molecule has 1 N–H and O–H groups in total. The van der Waals surface area contributed by atoms with E-state index >= 15 is 0 Å². The number of hydrogen-bond donors (Lipinski definition) is 1. The van der Waals surface area contributed by atoms with E-state index in [1.807, 2.05) is 4.90 Å². The Kier molecular flexibility index (Phi) is 5.86. The van der Waals surface area contributed by atoms with Gasteiger partial charge in [-0.2, -0.15) is 0 Å². The third-order valence-corrected chi connectivity index (χ3v) is 6.85. The number of carbonyl (C=O) groups is 1. The number of amidine groups is 1. The Bertz CT molecular complexity index is 818. The van der Waals surface area contributed by atoms with Gasteiger partial charge in [-0.15, -0.1) is 0 Å². The molecule has 0 atom stereocenters. The molecule has 1 aromatic rings. The summed E-state index contributed by atoms with van der Waals surface area (Å²) in [5, 5.41) is 3.36. The van der Waals surface area contributed by atoms with Gasteiger partial charge in [0.2, 0.25) is 10.0 Å². The van der Waals surface area contributed by atoms with Gasteiger partial charge in [0, 0.05) is 38.6 Å². The van der Waals surface area contributed by atoms with Crippen molar-refractivity contribution in [2.24, 2.45) is 4.99 Å². The van der Waals surface area contributed by atoms with Crippen molar-refractivity contribution < 1.29 is 17.9 Å². The Balaban J connectivity index is 1.99. The molecule has 0 saturated carbocycles. The van der Waals surface area contributed by atoms with E-state index in [9.17, 15) is 13.2 Å². The maximum absolute atomic E-state index is 12.8. The van der Waals surface area contributed by atoms with Crippen LogP contribution < -0.4 is 10.2 Å². The molecule has 142 valence electrons. The van der Waals surface area contributed by atoms with Crippen LogP contribution in [0.1, 0.15) is 10.4 Å². The predicted octanol–water partition coefficient (Wildman–Crippen LogP) is 0.606. The number of nitrogens with zero attached hydrogens (tertiary/aromatic N) is 3. The van der Waals surface area contributed by atoms with Gasteiger partial charge in [-0.1, -0.05) is 11.8 Å². The molecule has 0 radical (unpaired) electrons. The van der Waals surface area contributed by atoms with E-state index in [1.54, 1.807) is 12.1 Å². The number of rotatable bonds is 4. The highest BCUT2D eigenvalue weighted by atomic mass is 32.2. The van der Waals surface area contributed by atoms with Crippen molar-refractivity contribution in [2.75, 3.05) is 57.6 Å². The van der Waals surface area contributed by atoms with Crippen LogP contribution in [0.2, 0.25) is 0 Å². The number of amides is 1. The van der Waals surface area contributed by atoms with E-state index in [1.165, 1.54) is 31.9 Å². The van der Waals surface area contributed by atoms with E-state index in [2.05, 4.69) is 10.3 Å². The number of thioether (sulfide) groups is 1. The predicted molar refractivity (Wildman–Crippen MR) is 103 cm³/mol. The van der Waals surface area contributed by atoms with Crippen LogP contribution in [-0.4, -0.2) is 76.5 Å². The summed E-state index contributed by atoms with van der Waals surface area (Å²) in [6.45, 7) is 3.11. The summed E-state index contributed by atoms with van der Waals surface area (Å²) in [6, 6.07) is 4.68. The van der Waals surface area contributed by atoms with Crippen molar-refractivity contribution in [1.29, 1.82) is 0 Å². The SMILES string of the molecule is CN(C)S(=O)(=O)c1ccc(N2CCOCC2)c(C(=O)NC2=NCCS2)c1. The molecule has 0 aliphatic carbocycles. The van der Waals surface area contributed by atoms with Gasteiger partial charge < -0.3 is 15.0 Å². The fourth-order valence-electron chi connectivity index (χ4n) is 2.72. The number of carbonyl (C=O) groups excluding carboxylic acids is 1. The van der Waals surface area contributed by atoms with Gasteiger partial charge in [-0.05, 0) is 18.2 Å². The second kappa shape index (κ2) is 7.95. The van der Waals surface area contributed by atoms with Crippen molar-refractivity contribution in [1.82, 2.24) is 9.62 Å². The van der Waals surface area contributed by atoms with E-state index in [0.717, 1.165) is 10.1 Å². The van der Waals surface area contributed by atoms with Crippen LogP contribution in [-0.2, 0) is 14.8 Å². The first-order valence-corrected chi connectivity index (χ1v) is 10.7. The number of hydrogen-bond acceptors (Lipinski definition) is 7. The average molecular weight is 399 g/mol. The highest BCUT2D eigenvalue weighted by Gasteiger charge is 2.25. The first-order valence-electron chi connectivity index (χ1n) is 8.27. The molecule has 1 fully saturated rings. The number of sulfonamides is 1. The molecule has 3 rings (SSSR count). The van der Waals surface area contributed by atoms with Gasteiger partial charge in [0.05, 0.1) is 30.2 Å². The van der Waals surface area contributed by atoms with Gasteiger partial charge in [-0.3, -0.25) is 9.79 Å². The van der Waals surface area contributed by atoms with E-state index in [0.29, 0.717) is 49.3 Å². The van der Waals surface area contributed by atoms with Gasteiger partial charge in [-0.25, -0.2) is 12.7 Å². The Morgan fingerprint density at radius 3 is 2.65 bits per heavy atom. The fourth-order valence-corrected chi connectivity index (χ4v) is 4.38. The molecule has 0 bridgehead atoms. The summed E-state index contributed by atoms with van der Waals surface area (Å²) >= 11 is 1.48. The Hall–Kier alpha value is -1.62. The van der Waals surface area contributed by atoms with Crippen molar-refractivity contribution in [3.63, 3.8) is 0 Å². The molecule has 1 saturated heterocycles. The number of ether oxygens (including phenoxy) is 1. The van der Waals surface area contributed by atoms with Crippen LogP contribution in [0.4, 0.5) is 5.69 Å². The maximum Gasteiger partial charge on any atom is 0.259 e. The number of anilines is 1. The summed E-state index contributed by atoms with van der Waals surface area (Å²) in [6.07, 6.45) is 0. The number of nitrogens with one attached hydrogen (secondary N) is 1. The molecule has 10 heteroatoms. The lowest BCUT2D eigenvalue weighted by molar-refractivity contribution is 0.0976. The highest BCUT2D eigenvalue weighted by Crippen LogP contribution is 2.26. The third kappa shape index (κ3) is 4.03. The molecule has 2 aliphatic rings. The molecule has 0 aromatic heterocycles. The topological polar surface area (TPSA) is 91.3 Å². The molecule has 1 aromatic carbocycles. The first kappa shape index (κ1) is 19.2. The molecule has 0 unspecified atom stereocenters. The minimum Gasteiger partial charge on any atom is -0.378 e. The summed E-state index contributed by atoms with van der Waals surface area (Å²) < 4.78 is 31.4. The Morgan fingerprint density at radius 1 is 1.31 bits per heavy atom. The molecule has 2 aliphatic heterocycles. The van der Waals surface area contributed by atoms with Crippen LogP contribution in [0.25, 0.3) is 0 Å². The Morgan fingerprint density at radius 2 is 2.04 bits per heavy atom. The second-order valence-corrected chi connectivity index (χ2v) is 9.29. The number of morpholine rings is 1. The van der Waals surface area contributed by atoms with Crippen LogP contribution in [0.5, 0.6) is 0 Å². The molecule has 8 nitrogen and oxygen atoms in total. The monoisotopic (exact) mass is 398 g/mol. The molecule has 26 heavy (non-hydrogen) atoms. The zero-order chi connectivity index (χ0) is 18.7. The van der Waals surface area contributed by atoms with Crippen LogP contribution in [0, 0.1) is 0 Å². The lowest BCUT2D eigenvalue weighted by atomic mass is 10.1. The smallest absolute Gasteiger partial charge is 0.259 e. The lowest BCUT2D eigenvalue weighted by Gasteiger charge is -2.30. The number of aliphatic imine (C=N–C) groups is 1. The number of benzene rings is 1. The third-order valence-electron chi connectivity index (χ3n) is 4.15. The van der Waals surface area contributed by atoms with Crippen molar-refractivity contribution in [3.05, 3.63) is 23.8 Å². The van der Waals surface area contributed by atoms with Gasteiger partial charge in [0.1, 0.15) is 0 Å². The van der Waals surface area contributed by atoms with Crippen LogP contribution in [0.3, 0.4) is 0 Å². The zero-order valence-electron chi connectivity index (χ0n) is 14.8. The van der Waals surface area contributed by atoms with Crippen LogP contribution >= 0.6 is 11.8 Å². The quantitative estimate of drug-likeness (QED) is 0.799. The molecular formula is C16H22N4O4S2. The van der Waals surface area contributed by atoms with Gasteiger partial charge in [0.15, 0.2) is 5.17 Å². The lowest BCUT2D eigenvalue weighted by Crippen LogP contribution is -2.38. The molecular weight excluding hydrogens is 376 g/mol. The minimum absolute atomic E-state index is 0.0886. The first-order chi connectivity index (χ1) is 12.4. The van der Waals surface area contributed by atoms with Gasteiger partial charge >= 0.3 is 0 Å². The summed E-state index contributed by atoms with van der Waals surface area (Å²) in [5.41, 5.74) is 1.03. The van der Waals surface area contributed by atoms with E-state index in [4.69, 9.17) is 4.74 Å². The largest absolute Gasteiger partial charge is 0.378 e. The maximum atomic E-state index is 12.8.